The number of ether oxygens (including phenoxy) is 1. The third-order valence-electron chi connectivity index (χ3n) is 2.76. The molecule has 0 saturated heterocycles. The van der Waals surface area contributed by atoms with E-state index in [4.69, 9.17) is 4.74 Å². The molecule has 1 aliphatic rings. The fourth-order valence-electron chi connectivity index (χ4n) is 2.06. The van der Waals surface area contributed by atoms with Gasteiger partial charge < -0.3 is 9.84 Å². The SMILES string of the molecule is COCC1(O)CCc2ccc(F)cc21. The number of hydrogen-bond acceptors (Lipinski definition) is 2. The lowest BCUT2D eigenvalue weighted by Crippen LogP contribution is -2.28. The summed E-state index contributed by atoms with van der Waals surface area (Å²) in [6.07, 6.45) is 1.40. The smallest absolute Gasteiger partial charge is 0.123 e. The monoisotopic (exact) mass is 196 g/mol. The summed E-state index contributed by atoms with van der Waals surface area (Å²) in [5.74, 6) is -0.305. The van der Waals surface area contributed by atoms with Gasteiger partial charge in [0, 0.05) is 7.11 Å². The summed E-state index contributed by atoms with van der Waals surface area (Å²) in [5.41, 5.74) is 0.705. The van der Waals surface area contributed by atoms with Gasteiger partial charge in [0.2, 0.25) is 0 Å². The molecule has 76 valence electrons. The van der Waals surface area contributed by atoms with Crippen LogP contribution in [0.5, 0.6) is 0 Å². The predicted molar refractivity (Wildman–Crippen MR) is 50.5 cm³/mol. The van der Waals surface area contributed by atoms with Gasteiger partial charge in [-0.2, -0.15) is 0 Å². The van der Waals surface area contributed by atoms with Crippen molar-refractivity contribution in [2.24, 2.45) is 0 Å². The Labute approximate surface area is 82.3 Å². The number of hydrogen-bond donors (Lipinski definition) is 1. The lowest BCUT2D eigenvalue weighted by Gasteiger charge is -2.22. The summed E-state index contributed by atoms with van der Waals surface area (Å²) in [7, 11) is 1.54. The maximum atomic E-state index is 13.0. The highest BCUT2D eigenvalue weighted by atomic mass is 19.1. The molecule has 0 saturated carbocycles. The van der Waals surface area contributed by atoms with Gasteiger partial charge in [0.05, 0.1) is 6.61 Å². The first-order chi connectivity index (χ1) is 6.65. The van der Waals surface area contributed by atoms with E-state index in [2.05, 4.69) is 0 Å². The van der Waals surface area contributed by atoms with E-state index in [1.54, 1.807) is 6.07 Å². The minimum atomic E-state index is -0.994. The highest BCUT2D eigenvalue weighted by molar-refractivity contribution is 5.37. The first kappa shape index (κ1) is 9.62. The first-order valence-corrected chi connectivity index (χ1v) is 4.66. The van der Waals surface area contributed by atoms with E-state index >= 15 is 0 Å². The van der Waals surface area contributed by atoms with Crippen LogP contribution in [-0.4, -0.2) is 18.8 Å². The molecule has 0 spiro atoms. The van der Waals surface area contributed by atoms with Crippen molar-refractivity contribution < 1.29 is 14.2 Å². The topological polar surface area (TPSA) is 29.5 Å². The number of aryl methyl sites for hydroxylation is 1. The zero-order valence-corrected chi connectivity index (χ0v) is 8.09. The molecule has 1 aromatic rings. The molecule has 3 heteroatoms. The lowest BCUT2D eigenvalue weighted by atomic mass is 9.97. The molecule has 0 aromatic heterocycles. The average Bonchev–Trinajstić information content (AvgIpc) is 2.45. The largest absolute Gasteiger partial charge is 0.383 e. The Balaban J connectivity index is 2.41. The van der Waals surface area contributed by atoms with Gasteiger partial charge in [-0.25, -0.2) is 4.39 Å². The number of rotatable bonds is 2. The van der Waals surface area contributed by atoms with Crippen molar-refractivity contribution in [3.05, 3.63) is 35.1 Å². The van der Waals surface area contributed by atoms with Crippen LogP contribution in [-0.2, 0) is 16.8 Å². The zero-order valence-electron chi connectivity index (χ0n) is 8.09. The minimum Gasteiger partial charge on any atom is -0.383 e. The molecule has 0 fully saturated rings. The lowest BCUT2D eigenvalue weighted by molar-refractivity contribution is -0.0342. The van der Waals surface area contributed by atoms with E-state index in [1.807, 2.05) is 0 Å². The van der Waals surface area contributed by atoms with E-state index in [0.717, 1.165) is 12.0 Å². The number of benzene rings is 1. The number of halogens is 1. The maximum Gasteiger partial charge on any atom is 0.123 e. The fourth-order valence-corrected chi connectivity index (χ4v) is 2.06. The van der Waals surface area contributed by atoms with Gasteiger partial charge >= 0.3 is 0 Å². The number of methoxy groups -OCH3 is 1. The van der Waals surface area contributed by atoms with E-state index in [0.29, 0.717) is 12.0 Å². The molecule has 1 unspecified atom stereocenters. The second-order valence-corrected chi connectivity index (χ2v) is 3.77. The number of aliphatic hydroxyl groups is 1. The van der Waals surface area contributed by atoms with Crippen molar-refractivity contribution in [1.82, 2.24) is 0 Å². The molecule has 0 aliphatic heterocycles. The summed E-state index contributed by atoms with van der Waals surface area (Å²) in [5, 5.41) is 10.2. The molecular weight excluding hydrogens is 183 g/mol. The molecule has 1 N–H and O–H groups in total. The molecule has 1 atom stereocenters. The second-order valence-electron chi connectivity index (χ2n) is 3.77. The Morgan fingerprint density at radius 3 is 3.07 bits per heavy atom. The number of fused-ring (bicyclic) bond motifs is 1. The maximum absolute atomic E-state index is 13.0. The van der Waals surface area contributed by atoms with E-state index in [9.17, 15) is 9.50 Å². The Hall–Kier alpha value is -0.930. The van der Waals surface area contributed by atoms with Gasteiger partial charge in [0.1, 0.15) is 11.4 Å². The van der Waals surface area contributed by atoms with Crippen LogP contribution in [0.1, 0.15) is 17.5 Å². The van der Waals surface area contributed by atoms with Crippen molar-refractivity contribution in [2.45, 2.75) is 18.4 Å². The summed E-state index contributed by atoms with van der Waals surface area (Å²) in [6.45, 7) is 0.226. The van der Waals surface area contributed by atoms with Gasteiger partial charge in [-0.1, -0.05) is 6.07 Å². The van der Waals surface area contributed by atoms with Crippen LogP contribution in [0.3, 0.4) is 0 Å². The molecule has 1 aliphatic carbocycles. The molecule has 0 amide bonds. The summed E-state index contributed by atoms with van der Waals surface area (Å²) in [6, 6.07) is 4.57. The Bertz CT molecular complexity index is 347. The Kier molecular flexibility index (Phi) is 2.29. The summed E-state index contributed by atoms with van der Waals surface area (Å²) < 4.78 is 17.9. The van der Waals surface area contributed by atoms with Crippen LogP contribution >= 0.6 is 0 Å². The van der Waals surface area contributed by atoms with E-state index in [1.165, 1.54) is 19.2 Å². The van der Waals surface area contributed by atoms with Crippen LogP contribution in [0.4, 0.5) is 4.39 Å². The molecule has 0 bridgehead atoms. The normalized spacial score (nSPS) is 25.1. The average molecular weight is 196 g/mol. The third-order valence-corrected chi connectivity index (χ3v) is 2.76. The standard InChI is InChI=1S/C11H13FO2/c1-14-7-11(13)5-4-8-2-3-9(12)6-10(8)11/h2-3,6,13H,4-5,7H2,1H3. The first-order valence-electron chi connectivity index (χ1n) is 4.66. The van der Waals surface area contributed by atoms with Crippen LogP contribution in [0.15, 0.2) is 18.2 Å². The third kappa shape index (κ3) is 1.42. The highest BCUT2D eigenvalue weighted by Gasteiger charge is 2.36. The summed E-state index contributed by atoms with van der Waals surface area (Å²) in [4.78, 5) is 0. The highest BCUT2D eigenvalue weighted by Crippen LogP contribution is 2.37. The predicted octanol–water partition coefficient (Wildman–Crippen LogP) is 1.61. The van der Waals surface area contributed by atoms with Gasteiger partial charge in [0.25, 0.3) is 0 Å². The van der Waals surface area contributed by atoms with Crippen molar-refractivity contribution in [2.75, 3.05) is 13.7 Å². The summed E-state index contributed by atoms with van der Waals surface area (Å²) >= 11 is 0. The van der Waals surface area contributed by atoms with Gasteiger partial charge in [-0.05, 0) is 36.1 Å². The fraction of sp³-hybridized carbons (Fsp3) is 0.455. The molecule has 0 radical (unpaired) electrons. The van der Waals surface area contributed by atoms with Gasteiger partial charge in [-0.3, -0.25) is 0 Å². The van der Waals surface area contributed by atoms with E-state index in [-0.39, 0.29) is 12.4 Å². The molecule has 1 aromatic carbocycles. The molecule has 0 heterocycles. The minimum absolute atomic E-state index is 0.226. The van der Waals surface area contributed by atoms with Crippen LogP contribution in [0, 0.1) is 5.82 Å². The molecule has 14 heavy (non-hydrogen) atoms. The Morgan fingerprint density at radius 1 is 1.57 bits per heavy atom. The Morgan fingerprint density at radius 2 is 2.36 bits per heavy atom. The van der Waals surface area contributed by atoms with E-state index < -0.39 is 5.60 Å². The van der Waals surface area contributed by atoms with Crippen LogP contribution < -0.4 is 0 Å². The van der Waals surface area contributed by atoms with Crippen LogP contribution in [0.25, 0.3) is 0 Å². The quantitative estimate of drug-likeness (QED) is 0.778. The van der Waals surface area contributed by atoms with Crippen molar-refractivity contribution in [3.63, 3.8) is 0 Å². The van der Waals surface area contributed by atoms with Crippen molar-refractivity contribution in [1.29, 1.82) is 0 Å². The van der Waals surface area contributed by atoms with Crippen molar-refractivity contribution >= 4 is 0 Å². The second kappa shape index (κ2) is 3.33. The van der Waals surface area contributed by atoms with Crippen LogP contribution in [0.2, 0.25) is 0 Å². The van der Waals surface area contributed by atoms with Crippen molar-refractivity contribution in [3.8, 4) is 0 Å². The molecule has 2 nitrogen and oxygen atoms in total. The van der Waals surface area contributed by atoms with Gasteiger partial charge in [0.15, 0.2) is 0 Å². The van der Waals surface area contributed by atoms with Gasteiger partial charge in [-0.15, -0.1) is 0 Å². The molecule has 2 rings (SSSR count). The zero-order chi connectivity index (χ0) is 10.2. The molecular formula is C11H13FO2.